The molecule has 1 aromatic carbocycles. The maximum Gasteiger partial charge on any atom is 0.169 e. The van der Waals surface area contributed by atoms with E-state index >= 15 is 0 Å². The van der Waals surface area contributed by atoms with E-state index in [1.165, 1.54) is 7.11 Å². The Morgan fingerprint density at radius 3 is 2.78 bits per heavy atom. The quantitative estimate of drug-likeness (QED) is 0.797. The molecule has 18 heavy (non-hydrogen) atoms. The van der Waals surface area contributed by atoms with Crippen LogP contribution in [-0.2, 0) is 6.54 Å². The van der Waals surface area contributed by atoms with E-state index in [9.17, 15) is 9.50 Å². The van der Waals surface area contributed by atoms with Gasteiger partial charge in [0, 0.05) is 23.4 Å². The minimum atomic E-state index is -0.329. The van der Waals surface area contributed by atoms with Crippen LogP contribution in [0.1, 0.15) is 12.5 Å². The molecule has 0 spiro atoms. The van der Waals surface area contributed by atoms with Gasteiger partial charge in [-0.15, -0.1) is 0 Å². The molecule has 3 nitrogen and oxygen atoms in total. The molecule has 1 aromatic rings. The highest BCUT2D eigenvalue weighted by molar-refractivity contribution is 7.99. The number of hydrogen-bond acceptors (Lipinski definition) is 4. The number of aliphatic hydroxyl groups is 1. The normalized spacial score (nSPS) is 14.3. The number of ether oxygens (including phenoxy) is 1. The van der Waals surface area contributed by atoms with E-state index in [1.54, 1.807) is 30.0 Å². The standard InChI is InChI=1S/C13H20FNO2S/c1-9(12(8-16)18-3)15-7-10-5-4-6-11(17-2)13(10)14/h4-6,9,12,15-16H,7-8H2,1-3H3. The summed E-state index contributed by atoms with van der Waals surface area (Å²) in [4.78, 5) is 0. The molecule has 0 fully saturated rings. The molecule has 0 saturated heterocycles. The van der Waals surface area contributed by atoms with Gasteiger partial charge in [0.05, 0.1) is 13.7 Å². The molecule has 0 bridgehead atoms. The zero-order chi connectivity index (χ0) is 13.5. The van der Waals surface area contributed by atoms with Gasteiger partial charge < -0.3 is 15.2 Å². The van der Waals surface area contributed by atoms with Gasteiger partial charge in [-0.25, -0.2) is 4.39 Å². The van der Waals surface area contributed by atoms with Gasteiger partial charge in [0.15, 0.2) is 11.6 Å². The van der Waals surface area contributed by atoms with Crippen LogP contribution in [0.2, 0.25) is 0 Å². The summed E-state index contributed by atoms with van der Waals surface area (Å²) in [7, 11) is 1.45. The average molecular weight is 273 g/mol. The van der Waals surface area contributed by atoms with Crippen LogP contribution in [-0.4, -0.2) is 36.4 Å². The van der Waals surface area contributed by atoms with Gasteiger partial charge in [0.2, 0.25) is 0 Å². The van der Waals surface area contributed by atoms with Crippen molar-refractivity contribution in [2.75, 3.05) is 20.0 Å². The molecule has 0 aliphatic heterocycles. The molecular weight excluding hydrogens is 253 g/mol. The topological polar surface area (TPSA) is 41.5 Å². The monoisotopic (exact) mass is 273 g/mol. The van der Waals surface area contributed by atoms with Gasteiger partial charge in [-0.05, 0) is 19.2 Å². The van der Waals surface area contributed by atoms with E-state index < -0.39 is 0 Å². The first-order valence-corrected chi connectivity index (χ1v) is 7.11. The molecule has 0 heterocycles. The highest BCUT2D eigenvalue weighted by atomic mass is 32.2. The van der Waals surface area contributed by atoms with Gasteiger partial charge in [-0.2, -0.15) is 11.8 Å². The largest absolute Gasteiger partial charge is 0.494 e. The highest BCUT2D eigenvalue weighted by Crippen LogP contribution is 2.20. The van der Waals surface area contributed by atoms with Crippen molar-refractivity contribution in [2.45, 2.75) is 24.8 Å². The molecule has 0 amide bonds. The first-order chi connectivity index (χ1) is 8.63. The smallest absolute Gasteiger partial charge is 0.169 e. The van der Waals surface area contributed by atoms with Crippen LogP contribution in [0.5, 0.6) is 5.75 Å². The van der Waals surface area contributed by atoms with Crippen molar-refractivity contribution in [2.24, 2.45) is 0 Å². The molecule has 0 aliphatic carbocycles. The number of benzene rings is 1. The van der Waals surface area contributed by atoms with Gasteiger partial charge in [-0.1, -0.05) is 12.1 Å². The summed E-state index contributed by atoms with van der Waals surface area (Å²) in [5.41, 5.74) is 0.569. The zero-order valence-electron chi connectivity index (χ0n) is 10.9. The lowest BCUT2D eigenvalue weighted by atomic mass is 10.1. The third-order valence-corrected chi connectivity index (χ3v) is 4.08. The molecule has 2 unspecified atom stereocenters. The molecule has 0 aromatic heterocycles. The van der Waals surface area contributed by atoms with Gasteiger partial charge >= 0.3 is 0 Å². The van der Waals surface area contributed by atoms with E-state index in [2.05, 4.69) is 5.32 Å². The van der Waals surface area contributed by atoms with Crippen LogP contribution in [0.3, 0.4) is 0 Å². The minimum absolute atomic E-state index is 0.107. The second kappa shape index (κ2) is 7.61. The second-order valence-corrected chi connectivity index (χ2v) is 5.14. The predicted molar refractivity (Wildman–Crippen MR) is 73.6 cm³/mol. The van der Waals surface area contributed by atoms with Crippen LogP contribution in [0.4, 0.5) is 4.39 Å². The Hall–Kier alpha value is -0.780. The molecule has 2 atom stereocenters. The predicted octanol–water partition coefficient (Wildman–Crippen LogP) is 2.04. The molecule has 0 saturated carbocycles. The van der Waals surface area contributed by atoms with Gasteiger partial charge in [-0.3, -0.25) is 0 Å². The molecule has 5 heteroatoms. The van der Waals surface area contributed by atoms with E-state index in [1.807, 2.05) is 13.2 Å². The van der Waals surface area contributed by atoms with Crippen molar-refractivity contribution >= 4 is 11.8 Å². The Balaban J connectivity index is 2.63. The molecule has 0 aliphatic rings. The van der Waals surface area contributed by atoms with Crippen molar-refractivity contribution in [3.63, 3.8) is 0 Å². The van der Waals surface area contributed by atoms with Crippen molar-refractivity contribution in [1.29, 1.82) is 0 Å². The Morgan fingerprint density at radius 1 is 1.50 bits per heavy atom. The van der Waals surface area contributed by atoms with Crippen molar-refractivity contribution in [3.8, 4) is 5.75 Å². The number of halogens is 1. The molecule has 0 radical (unpaired) electrons. The van der Waals surface area contributed by atoms with Crippen LogP contribution in [0.25, 0.3) is 0 Å². The second-order valence-electron chi connectivity index (χ2n) is 4.06. The summed E-state index contributed by atoms with van der Waals surface area (Å²) in [6.07, 6.45) is 1.95. The molecule has 1 rings (SSSR count). The summed E-state index contributed by atoms with van der Waals surface area (Å²) in [6.45, 7) is 2.51. The first kappa shape index (κ1) is 15.3. The molecule has 2 N–H and O–H groups in total. The van der Waals surface area contributed by atoms with Crippen LogP contribution < -0.4 is 10.1 Å². The van der Waals surface area contributed by atoms with Crippen LogP contribution in [0.15, 0.2) is 18.2 Å². The minimum Gasteiger partial charge on any atom is -0.494 e. The molecular formula is C13H20FNO2S. The molecule has 102 valence electrons. The number of thioether (sulfide) groups is 1. The number of nitrogens with one attached hydrogen (secondary N) is 1. The van der Waals surface area contributed by atoms with Gasteiger partial charge in [0.25, 0.3) is 0 Å². The zero-order valence-corrected chi connectivity index (χ0v) is 11.8. The van der Waals surface area contributed by atoms with Crippen molar-refractivity contribution < 1.29 is 14.2 Å². The summed E-state index contributed by atoms with van der Waals surface area (Å²) in [5.74, 6) is -0.0741. The van der Waals surface area contributed by atoms with E-state index in [0.717, 1.165) is 0 Å². The number of rotatable bonds is 7. The fraction of sp³-hybridized carbons (Fsp3) is 0.538. The van der Waals surface area contributed by atoms with Crippen molar-refractivity contribution in [3.05, 3.63) is 29.6 Å². The van der Waals surface area contributed by atoms with Crippen molar-refractivity contribution in [1.82, 2.24) is 5.32 Å². The van der Waals surface area contributed by atoms with E-state index in [4.69, 9.17) is 4.74 Å². The highest BCUT2D eigenvalue weighted by Gasteiger charge is 2.15. The Kier molecular flexibility index (Phi) is 6.46. The maximum atomic E-state index is 13.9. The lowest BCUT2D eigenvalue weighted by Crippen LogP contribution is -2.37. The third kappa shape index (κ3) is 3.86. The average Bonchev–Trinajstić information content (AvgIpc) is 2.39. The first-order valence-electron chi connectivity index (χ1n) is 5.82. The fourth-order valence-corrected chi connectivity index (χ4v) is 2.34. The maximum absolute atomic E-state index is 13.9. The third-order valence-electron chi connectivity index (χ3n) is 2.92. The number of hydrogen-bond donors (Lipinski definition) is 2. The van der Waals surface area contributed by atoms with Crippen LogP contribution in [0, 0.1) is 5.82 Å². The number of methoxy groups -OCH3 is 1. The Labute approximate surface area is 112 Å². The summed E-state index contributed by atoms with van der Waals surface area (Å²) in [5, 5.41) is 12.5. The van der Waals surface area contributed by atoms with E-state index in [-0.39, 0.29) is 29.5 Å². The summed E-state index contributed by atoms with van der Waals surface area (Å²) >= 11 is 1.59. The van der Waals surface area contributed by atoms with E-state index in [0.29, 0.717) is 12.1 Å². The lowest BCUT2D eigenvalue weighted by Gasteiger charge is -2.21. The summed E-state index contributed by atoms with van der Waals surface area (Å²) in [6, 6.07) is 5.20. The van der Waals surface area contributed by atoms with Gasteiger partial charge in [0.1, 0.15) is 0 Å². The lowest BCUT2D eigenvalue weighted by molar-refractivity contribution is 0.275. The fourth-order valence-electron chi connectivity index (χ4n) is 1.69. The Morgan fingerprint density at radius 2 is 2.22 bits per heavy atom. The SMILES string of the molecule is COc1cccc(CNC(C)C(CO)SC)c1F. The van der Waals surface area contributed by atoms with Crippen LogP contribution >= 0.6 is 11.8 Å². The summed E-state index contributed by atoms with van der Waals surface area (Å²) < 4.78 is 18.8. The Bertz CT molecular complexity index is 372. The number of aliphatic hydroxyl groups excluding tert-OH is 1.